The van der Waals surface area contributed by atoms with Crippen molar-refractivity contribution >= 4 is 9.84 Å². The third-order valence-electron chi connectivity index (χ3n) is 2.91. The van der Waals surface area contributed by atoms with E-state index in [0.29, 0.717) is 6.54 Å². The van der Waals surface area contributed by atoms with Crippen molar-refractivity contribution in [3.63, 3.8) is 0 Å². The first kappa shape index (κ1) is 14.2. The van der Waals surface area contributed by atoms with Crippen LogP contribution in [0.2, 0.25) is 0 Å². The Morgan fingerprint density at radius 1 is 1.29 bits per heavy atom. The predicted molar refractivity (Wildman–Crippen MR) is 71.9 cm³/mol. The van der Waals surface area contributed by atoms with Crippen molar-refractivity contribution in [3.8, 4) is 0 Å². The first-order chi connectivity index (χ1) is 7.79. The van der Waals surface area contributed by atoms with Gasteiger partial charge in [-0.1, -0.05) is 18.2 Å². The summed E-state index contributed by atoms with van der Waals surface area (Å²) in [6, 6.07) is 6.16. The van der Waals surface area contributed by atoms with Crippen molar-refractivity contribution in [2.75, 3.05) is 12.0 Å². The van der Waals surface area contributed by atoms with Crippen LogP contribution in [-0.4, -0.2) is 26.5 Å². The molecule has 1 aromatic carbocycles. The van der Waals surface area contributed by atoms with E-state index >= 15 is 0 Å². The summed E-state index contributed by atoms with van der Waals surface area (Å²) in [5.41, 5.74) is 3.76. The Labute approximate surface area is 104 Å². The first-order valence-electron chi connectivity index (χ1n) is 5.76. The first-order valence-corrected chi connectivity index (χ1v) is 7.82. The molecule has 0 saturated carbocycles. The molecule has 0 aromatic heterocycles. The van der Waals surface area contributed by atoms with Crippen LogP contribution in [0.4, 0.5) is 0 Å². The molecule has 0 aliphatic rings. The molecule has 0 aliphatic carbocycles. The molecule has 1 atom stereocenters. The molecule has 17 heavy (non-hydrogen) atoms. The molecule has 0 bridgehead atoms. The fourth-order valence-corrected chi connectivity index (χ4v) is 2.83. The molecule has 1 unspecified atom stereocenters. The topological polar surface area (TPSA) is 46.2 Å². The Morgan fingerprint density at radius 3 is 2.53 bits per heavy atom. The normalized spacial score (nSPS) is 13.6. The van der Waals surface area contributed by atoms with E-state index in [4.69, 9.17) is 0 Å². The monoisotopic (exact) mass is 255 g/mol. The van der Waals surface area contributed by atoms with Crippen LogP contribution in [0.25, 0.3) is 0 Å². The summed E-state index contributed by atoms with van der Waals surface area (Å²) in [5.74, 6) is 0.178. The minimum Gasteiger partial charge on any atom is -0.309 e. The number of sulfone groups is 1. The molecule has 0 saturated heterocycles. The zero-order valence-corrected chi connectivity index (χ0v) is 11.8. The highest BCUT2D eigenvalue weighted by atomic mass is 32.2. The van der Waals surface area contributed by atoms with Gasteiger partial charge in [-0.15, -0.1) is 0 Å². The van der Waals surface area contributed by atoms with E-state index in [9.17, 15) is 8.42 Å². The van der Waals surface area contributed by atoms with Gasteiger partial charge < -0.3 is 5.32 Å². The summed E-state index contributed by atoms with van der Waals surface area (Å²) in [6.07, 6.45) is 1.27. The summed E-state index contributed by atoms with van der Waals surface area (Å²) in [4.78, 5) is 0. The van der Waals surface area contributed by atoms with E-state index in [1.807, 2.05) is 13.0 Å². The van der Waals surface area contributed by atoms with Crippen molar-refractivity contribution < 1.29 is 8.42 Å². The number of hydrogen-bond donors (Lipinski definition) is 1. The van der Waals surface area contributed by atoms with E-state index in [-0.39, 0.29) is 11.8 Å². The third-order valence-corrected chi connectivity index (χ3v) is 4.02. The molecular weight excluding hydrogens is 234 g/mol. The average Bonchev–Trinajstić information content (AvgIpc) is 2.18. The molecule has 4 heteroatoms. The van der Waals surface area contributed by atoms with E-state index < -0.39 is 9.84 Å². The Hall–Kier alpha value is -0.870. The molecular formula is C13H21NO2S. The quantitative estimate of drug-likeness (QED) is 0.873. The molecule has 1 N–H and O–H groups in total. The van der Waals surface area contributed by atoms with Crippen LogP contribution in [0.3, 0.4) is 0 Å². The summed E-state index contributed by atoms with van der Waals surface area (Å²) in [7, 11) is -2.91. The molecule has 1 rings (SSSR count). The van der Waals surface area contributed by atoms with Crippen molar-refractivity contribution in [2.45, 2.75) is 33.4 Å². The van der Waals surface area contributed by atoms with Crippen molar-refractivity contribution in [1.29, 1.82) is 0 Å². The molecule has 0 amide bonds. The van der Waals surface area contributed by atoms with Crippen LogP contribution in [0.1, 0.15) is 23.6 Å². The molecule has 0 spiro atoms. The lowest BCUT2D eigenvalue weighted by Crippen LogP contribution is -2.32. The van der Waals surface area contributed by atoms with Crippen LogP contribution in [0.5, 0.6) is 0 Å². The Bertz CT molecular complexity index is 480. The molecule has 0 radical (unpaired) electrons. The molecule has 0 aliphatic heterocycles. The van der Waals surface area contributed by atoms with Gasteiger partial charge in [-0.3, -0.25) is 0 Å². The lowest BCUT2D eigenvalue weighted by atomic mass is 10.0. The lowest BCUT2D eigenvalue weighted by molar-refractivity contribution is 0.559. The number of hydrogen-bond acceptors (Lipinski definition) is 3. The van der Waals surface area contributed by atoms with Gasteiger partial charge in [0.15, 0.2) is 0 Å². The van der Waals surface area contributed by atoms with E-state index in [1.54, 1.807) is 0 Å². The molecule has 96 valence electrons. The summed E-state index contributed by atoms with van der Waals surface area (Å²) >= 11 is 0. The second kappa shape index (κ2) is 5.65. The van der Waals surface area contributed by atoms with E-state index in [2.05, 4.69) is 31.3 Å². The van der Waals surface area contributed by atoms with Crippen molar-refractivity contribution in [3.05, 3.63) is 34.9 Å². The summed E-state index contributed by atoms with van der Waals surface area (Å²) in [6.45, 7) is 6.78. The van der Waals surface area contributed by atoms with Gasteiger partial charge in [-0.25, -0.2) is 8.42 Å². The maximum absolute atomic E-state index is 11.1. The summed E-state index contributed by atoms with van der Waals surface area (Å²) < 4.78 is 22.3. The van der Waals surface area contributed by atoms with Gasteiger partial charge in [0, 0.05) is 18.8 Å². The van der Waals surface area contributed by atoms with E-state index in [0.717, 1.165) is 0 Å². The van der Waals surface area contributed by atoms with Crippen LogP contribution >= 0.6 is 0 Å². The van der Waals surface area contributed by atoms with Crippen molar-refractivity contribution in [1.82, 2.24) is 5.32 Å². The zero-order chi connectivity index (χ0) is 13.1. The van der Waals surface area contributed by atoms with Crippen LogP contribution in [-0.2, 0) is 16.4 Å². The van der Waals surface area contributed by atoms with Gasteiger partial charge in [0.1, 0.15) is 9.84 Å². The average molecular weight is 255 g/mol. The van der Waals surface area contributed by atoms with Crippen LogP contribution in [0.15, 0.2) is 18.2 Å². The van der Waals surface area contributed by atoms with Gasteiger partial charge in [0.05, 0.1) is 5.75 Å². The highest BCUT2D eigenvalue weighted by Gasteiger charge is 2.10. The van der Waals surface area contributed by atoms with Crippen LogP contribution < -0.4 is 5.32 Å². The smallest absolute Gasteiger partial charge is 0.148 e. The number of nitrogens with one attached hydrogen (secondary N) is 1. The number of aryl methyl sites for hydroxylation is 1. The maximum Gasteiger partial charge on any atom is 0.148 e. The molecule has 0 fully saturated rings. The SMILES string of the molecule is Cc1cccc(CNC(C)CS(C)(=O)=O)c1C. The fourth-order valence-electron chi connectivity index (χ4n) is 1.80. The molecule has 0 heterocycles. The Balaban J connectivity index is 2.59. The fraction of sp³-hybridized carbons (Fsp3) is 0.538. The predicted octanol–water partition coefficient (Wildman–Crippen LogP) is 1.83. The zero-order valence-electron chi connectivity index (χ0n) is 10.9. The Kier molecular flexibility index (Phi) is 4.71. The highest BCUT2D eigenvalue weighted by molar-refractivity contribution is 7.90. The van der Waals surface area contributed by atoms with E-state index in [1.165, 1.54) is 22.9 Å². The second-order valence-electron chi connectivity index (χ2n) is 4.73. The number of rotatable bonds is 5. The second-order valence-corrected chi connectivity index (χ2v) is 6.92. The Morgan fingerprint density at radius 2 is 1.94 bits per heavy atom. The van der Waals surface area contributed by atoms with Gasteiger partial charge in [-0.05, 0) is 37.5 Å². The van der Waals surface area contributed by atoms with Gasteiger partial charge in [-0.2, -0.15) is 0 Å². The number of benzene rings is 1. The van der Waals surface area contributed by atoms with Gasteiger partial charge in [0.25, 0.3) is 0 Å². The minimum atomic E-state index is -2.91. The maximum atomic E-state index is 11.1. The largest absolute Gasteiger partial charge is 0.309 e. The molecule has 1 aromatic rings. The highest BCUT2D eigenvalue weighted by Crippen LogP contribution is 2.12. The van der Waals surface area contributed by atoms with Crippen molar-refractivity contribution in [2.24, 2.45) is 0 Å². The standard InChI is InChI=1S/C13H21NO2S/c1-10-6-5-7-13(12(10)3)8-14-11(2)9-17(4,15)16/h5-7,11,14H,8-9H2,1-4H3. The van der Waals surface area contributed by atoms with Gasteiger partial charge >= 0.3 is 0 Å². The lowest BCUT2D eigenvalue weighted by Gasteiger charge is -2.14. The third kappa shape index (κ3) is 4.88. The molecule has 3 nitrogen and oxygen atoms in total. The minimum absolute atomic E-state index is 0.0232. The van der Waals surface area contributed by atoms with Crippen LogP contribution in [0, 0.1) is 13.8 Å². The summed E-state index contributed by atoms with van der Waals surface area (Å²) in [5, 5.41) is 3.24. The van der Waals surface area contributed by atoms with Gasteiger partial charge in [0.2, 0.25) is 0 Å².